The topological polar surface area (TPSA) is 67.8 Å². The van der Waals surface area contributed by atoms with Crippen LogP contribution in [-0.2, 0) is 14.8 Å². The predicted octanol–water partition coefficient (Wildman–Crippen LogP) is 1.97. The Balaban J connectivity index is 2.23. The molecule has 0 aliphatic carbocycles. The fraction of sp³-hybridized carbons (Fsp3) is 0.0714. The maximum atomic E-state index is 12.0. The number of rotatable bonds is 4. The number of sulfonamides is 1. The lowest BCUT2D eigenvalue weighted by Gasteiger charge is -2.07. The normalized spacial score (nSPS) is 11.9. The largest absolute Gasteiger partial charge is 0.480 e. The minimum Gasteiger partial charge on any atom is -0.480 e. The maximum Gasteiger partial charge on any atom is 0.276 e. The van der Waals surface area contributed by atoms with Crippen LogP contribution < -0.4 is 4.83 Å². The van der Waals surface area contributed by atoms with E-state index in [2.05, 4.69) is 9.93 Å². The summed E-state index contributed by atoms with van der Waals surface area (Å²) in [6.45, 7) is 0. The monoisotopic (exact) mass is 290 g/mol. The molecular weight excluding hydrogens is 276 g/mol. The summed E-state index contributed by atoms with van der Waals surface area (Å²) in [5, 5.41) is 3.82. The molecular formula is C14H14N2O3S. The van der Waals surface area contributed by atoms with E-state index in [1.54, 1.807) is 30.3 Å². The molecule has 2 aromatic carbocycles. The number of hydrogen-bond acceptors (Lipinski definition) is 4. The molecule has 2 aromatic rings. The summed E-state index contributed by atoms with van der Waals surface area (Å²) in [7, 11) is -2.26. The quantitative estimate of drug-likeness (QED) is 0.532. The van der Waals surface area contributed by atoms with Crippen LogP contribution in [0.1, 0.15) is 5.56 Å². The molecule has 0 radical (unpaired) electrons. The zero-order chi connectivity index (χ0) is 14.4. The van der Waals surface area contributed by atoms with Crippen molar-refractivity contribution in [1.29, 1.82) is 0 Å². The summed E-state index contributed by atoms with van der Waals surface area (Å²) in [5.41, 5.74) is 0.686. The summed E-state index contributed by atoms with van der Waals surface area (Å²) in [6, 6.07) is 17.1. The van der Waals surface area contributed by atoms with E-state index in [4.69, 9.17) is 4.74 Å². The fourth-order valence-electron chi connectivity index (χ4n) is 1.56. The van der Waals surface area contributed by atoms with Crippen molar-refractivity contribution in [3.05, 3.63) is 66.2 Å². The second-order valence-electron chi connectivity index (χ2n) is 3.89. The molecule has 0 aliphatic heterocycles. The Kier molecular flexibility index (Phi) is 4.37. The summed E-state index contributed by atoms with van der Waals surface area (Å²) in [6.07, 6.45) is 0. The molecule has 0 fully saturated rings. The average Bonchev–Trinajstić information content (AvgIpc) is 2.50. The van der Waals surface area contributed by atoms with Crippen LogP contribution in [0, 0.1) is 0 Å². The van der Waals surface area contributed by atoms with E-state index in [0.717, 1.165) is 0 Å². The van der Waals surface area contributed by atoms with E-state index < -0.39 is 10.0 Å². The first kappa shape index (κ1) is 14.1. The van der Waals surface area contributed by atoms with E-state index in [-0.39, 0.29) is 10.8 Å². The van der Waals surface area contributed by atoms with Gasteiger partial charge in [-0.05, 0) is 24.3 Å². The Morgan fingerprint density at radius 2 is 1.55 bits per heavy atom. The third kappa shape index (κ3) is 3.36. The van der Waals surface area contributed by atoms with Crippen LogP contribution >= 0.6 is 0 Å². The van der Waals surface area contributed by atoms with Gasteiger partial charge < -0.3 is 4.74 Å². The van der Waals surface area contributed by atoms with Gasteiger partial charge in [-0.1, -0.05) is 36.4 Å². The zero-order valence-electron chi connectivity index (χ0n) is 10.9. The van der Waals surface area contributed by atoms with Crippen LogP contribution in [0.3, 0.4) is 0 Å². The molecule has 1 N–H and O–H groups in total. The number of hydrogen-bond donors (Lipinski definition) is 1. The standard InChI is InChI=1S/C14H14N2O3S/c1-19-14(12-8-4-2-5-9-12)15-16-20(17,18)13-10-6-3-7-11-13/h2-11,16H,1H3. The summed E-state index contributed by atoms with van der Waals surface area (Å²) >= 11 is 0. The van der Waals surface area contributed by atoms with Gasteiger partial charge in [0.25, 0.3) is 10.0 Å². The first-order valence-electron chi connectivity index (χ1n) is 5.87. The van der Waals surface area contributed by atoms with Gasteiger partial charge in [0, 0.05) is 5.56 Å². The lowest BCUT2D eigenvalue weighted by molar-refractivity contribution is 0.401. The number of ether oxygens (including phenoxy) is 1. The second kappa shape index (κ2) is 6.21. The van der Waals surface area contributed by atoms with Crippen LogP contribution in [0.25, 0.3) is 0 Å². The Labute approximate surface area is 118 Å². The molecule has 6 heteroatoms. The van der Waals surface area contributed by atoms with Crippen molar-refractivity contribution in [2.24, 2.45) is 5.10 Å². The highest BCUT2D eigenvalue weighted by molar-refractivity contribution is 7.89. The van der Waals surface area contributed by atoms with Crippen molar-refractivity contribution < 1.29 is 13.2 Å². The van der Waals surface area contributed by atoms with Gasteiger partial charge in [-0.15, -0.1) is 5.10 Å². The molecule has 0 unspecified atom stereocenters. The first-order chi connectivity index (χ1) is 9.63. The van der Waals surface area contributed by atoms with Gasteiger partial charge in [0.15, 0.2) is 0 Å². The van der Waals surface area contributed by atoms with Crippen LogP contribution in [0.15, 0.2) is 70.7 Å². The minimum atomic E-state index is -3.69. The molecule has 2 rings (SSSR count). The molecule has 0 amide bonds. The Morgan fingerprint density at radius 3 is 2.10 bits per heavy atom. The van der Waals surface area contributed by atoms with Crippen LogP contribution in [0.2, 0.25) is 0 Å². The van der Waals surface area contributed by atoms with Crippen molar-refractivity contribution in [2.45, 2.75) is 4.90 Å². The Bertz CT molecular complexity index is 683. The van der Waals surface area contributed by atoms with E-state index >= 15 is 0 Å². The van der Waals surface area contributed by atoms with Crippen molar-refractivity contribution in [1.82, 2.24) is 4.83 Å². The van der Waals surface area contributed by atoms with Gasteiger partial charge in [0.1, 0.15) is 0 Å². The highest BCUT2D eigenvalue weighted by Crippen LogP contribution is 2.08. The molecule has 0 saturated carbocycles. The van der Waals surface area contributed by atoms with Gasteiger partial charge in [-0.25, -0.2) is 0 Å². The molecule has 0 aromatic heterocycles. The van der Waals surface area contributed by atoms with Gasteiger partial charge >= 0.3 is 0 Å². The van der Waals surface area contributed by atoms with Crippen LogP contribution in [0.5, 0.6) is 0 Å². The molecule has 0 atom stereocenters. The van der Waals surface area contributed by atoms with E-state index in [9.17, 15) is 8.42 Å². The molecule has 0 saturated heterocycles. The number of benzene rings is 2. The summed E-state index contributed by atoms with van der Waals surface area (Å²) < 4.78 is 29.1. The minimum absolute atomic E-state index is 0.146. The molecule has 20 heavy (non-hydrogen) atoms. The first-order valence-corrected chi connectivity index (χ1v) is 7.36. The van der Waals surface area contributed by atoms with Crippen molar-refractivity contribution in [3.63, 3.8) is 0 Å². The molecule has 5 nitrogen and oxygen atoms in total. The molecule has 0 bridgehead atoms. The number of hydrazone groups is 1. The highest BCUT2D eigenvalue weighted by atomic mass is 32.2. The zero-order valence-corrected chi connectivity index (χ0v) is 11.7. The van der Waals surface area contributed by atoms with Gasteiger partial charge in [-0.3, -0.25) is 0 Å². The smallest absolute Gasteiger partial charge is 0.276 e. The van der Waals surface area contributed by atoms with Gasteiger partial charge in [0.2, 0.25) is 5.90 Å². The second-order valence-corrected chi connectivity index (χ2v) is 5.56. The SMILES string of the molecule is COC(=NNS(=O)(=O)c1ccccc1)c1ccccc1. The molecule has 104 valence electrons. The summed E-state index contributed by atoms with van der Waals surface area (Å²) in [4.78, 5) is 2.31. The lowest BCUT2D eigenvalue weighted by Crippen LogP contribution is -2.21. The van der Waals surface area contributed by atoms with Gasteiger partial charge in [-0.2, -0.15) is 13.2 Å². The number of nitrogens with zero attached hydrogens (tertiary/aromatic N) is 1. The molecule has 0 spiro atoms. The highest BCUT2D eigenvalue weighted by Gasteiger charge is 2.13. The van der Waals surface area contributed by atoms with E-state index in [1.807, 2.05) is 18.2 Å². The van der Waals surface area contributed by atoms with Crippen molar-refractivity contribution in [2.75, 3.05) is 7.11 Å². The average molecular weight is 290 g/mol. The predicted molar refractivity (Wildman–Crippen MR) is 76.8 cm³/mol. The Hall–Kier alpha value is -2.34. The van der Waals surface area contributed by atoms with Crippen LogP contribution in [0.4, 0.5) is 0 Å². The molecule has 0 heterocycles. The van der Waals surface area contributed by atoms with Crippen LogP contribution in [-0.4, -0.2) is 21.4 Å². The number of nitrogens with one attached hydrogen (secondary N) is 1. The van der Waals surface area contributed by atoms with Crippen molar-refractivity contribution in [3.8, 4) is 0 Å². The lowest BCUT2D eigenvalue weighted by atomic mass is 10.2. The summed E-state index contributed by atoms with van der Waals surface area (Å²) in [5.74, 6) is 0.199. The fourth-order valence-corrected chi connectivity index (χ4v) is 2.39. The molecule has 0 aliphatic rings. The van der Waals surface area contributed by atoms with Gasteiger partial charge in [0.05, 0.1) is 12.0 Å². The third-order valence-corrected chi connectivity index (χ3v) is 3.76. The van der Waals surface area contributed by atoms with Crippen molar-refractivity contribution >= 4 is 15.9 Å². The third-order valence-electron chi connectivity index (χ3n) is 2.53. The van der Waals surface area contributed by atoms with E-state index in [0.29, 0.717) is 5.56 Å². The van der Waals surface area contributed by atoms with E-state index in [1.165, 1.54) is 19.2 Å². The Morgan fingerprint density at radius 1 is 1.00 bits per heavy atom. The maximum absolute atomic E-state index is 12.0. The number of methoxy groups -OCH3 is 1.